The maximum Gasteiger partial charge on any atom is 0.234 e. The van der Waals surface area contributed by atoms with Crippen molar-refractivity contribution >= 4 is 23.1 Å². The quantitative estimate of drug-likeness (QED) is 0.584. The van der Waals surface area contributed by atoms with E-state index in [1.54, 1.807) is 0 Å². The summed E-state index contributed by atoms with van der Waals surface area (Å²) in [5, 5.41) is 3.22. The number of nitrogens with one attached hydrogen (secondary N) is 1. The summed E-state index contributed by atoms with van der Waals surface area (Å²) in [6.07, 6.45) is 12.2. The van der Waals surface area contributed by atoms with E-state index in [9.17, 15) is 4.79 Å². The minimum absolute atomic E-state index is 0.144. The number of rotatable bonds is 6. The molecule has 0 heterocycles. The average Bonchev–Trinajstić information content (AvgIpc) is 2.84. The molecule has 0 saturated heterocycles. The van der Waals surface area contributed by atoms with Crippen LogP contribution in [0.5, 0.6) is 0 Å². The van der Waals surface area contributed by atoms with E-state index >= 15 is 0 Å². The van der Waals surface area contributed by atoms with Crippen molar-refractivity contribution in [2.45, 2.75) is 76.3 Å². The van der Waals surface area contributed by atoms with E-state index in [4.69, 9.17) is 18.0 Å². The summed E-state index contributed by atoms with van der Waals surface area (Å²) in [4.78, 5) is 15.0. The third-order valence-corrected chi connectivity index (χ3v) is 4.90. The predicted molar refractivity (Wildman–Crippen MR) is 90.2 cm³/mol. The Morgan fingerprint density at radius 1 is 1.00 bits per heavy atom. The average molecular weight is 311 g/mol. The summed E-state index contributed by atoms with van der Waals surface area (Å²) in [5.41, 5.74) is 5.70. The molecule has 2 saturated carbocycles. The van der Waals surface area contributed by atoms with E-state index in [0.29, 0.717) is 30.2 Å². The lowest BCUT2D eigenvalue weighted by atomic mass is 10.1. The van der Waals surface area contributed by atoms with Crippen molar-refractivity contribution in [1.29, 1.82) is 0 Å². The maximum atomic E-state index is 12.3. The number of hydrogen-bond acceptors (Lipinski definition) is 3. The number of carbonyl (C=O) groups is 1. The lowest BCUT2D eigenvalue weighted by Crippen LogP contribution is -2.47. The van der Waals surface area contributed by atoms with Gasteiger partial charge in [-0.3, -0.25) is 9.69 Å². The Balaban J connectivity index is 1.82. The molecule has 4 nitrogen and oxygen atoms in total. The molecule has 2 aliphatic carbocycles. The summed E-state index contributed by atoms with van der Waals surface area (Å²) >= 11 is 5.04. The highest BCUT2D eigenvalue weighted by Crippen LogP contribution is 2.23. The zero-order valence-corrected chi connectivity index (χ0v) is 13.8. The molecule has 0 atom stereocenters. The number of carbonyl (C=O) groups excluding carboxylic acids is 1. The van der Waals surface area contributed by atoms with Crippen molar-refractivity contribution in [2.75, 3.05) is 13.1 Å². The minimum Gasteiger partial charge on any atom is -0.392 e. The van der Waals surface area contributed by atoms with Gasteiger partial charge in [-0.25, -0.2) is 0 Å². The van der Waals surface area contributed by atoms with Crippen LogP contribution in [-0.2, 0) is 4.79 Å². The molecule has 120 valence electrons. The topological polar surface area (TPSA) is 58.4 Å². The highest BCUT2D eigenvalue weighted by Gasteiger charge is 2.25. The van der Waals surface area contributed by atoms with E-state index in [1.165, 1.54) is 51.4 Å². The third kappa shape index (κ3) is 5.91. The van der Waals surface area contributed by atoms with Crippen LogP contribution in [0.2, 0.25) is 0 Å². The second-order valence-corrected chi connectivity index (χ2v) is 7.09. The zero-order chi connectivity index (χ0) is 15.1. The van der Waals surface area contributed by atoms with Gasteiger partial charge in [0.1, 0.15) is 0 Å². The first-order valence-electron chi connectivity index (χ1n) is 8.47. The van der Waals surface area contributed by atoms with Crippen molar-refractivity contribution in [3.05, 3.63) is 0 Å². The van der Waals surface area contributed by atoms with Gasteiger partial charge in [-0.2, -0.15) is 0 Å². The van der Waals surface area contributed by atoms with Crippen molar-refractivity contribution in [1.82, 2.24) is 10.2 Å². The lowest BCUT2D eigenvalue weighted by Gasteiger charge is -2.28. The van der Waals surface area contributed by atoms with Gasteiger partial charge in [-0.05, 0) is 25.7 Å². The number of thiocarbonyl (C=S) groups is 1. The van der Waals surface area contributed by atoms with E-state index in [-0.39, 0.29) is 5.91 Å². The fraction of sp³-hybridized carbons (Fsp3) is 0.875. The van der Waals surface area contributed by atoms with Crippen LogP contribution >= 0.6 is 12.2 Å². The molecule has 0 aromatic rings. The first kappa shape index (κ1) is 16.7. The van der Waals surface area contributed by atoms with Crippen LogP contribution in [0.1, 0.15) is 64.2 Å². The number of amides is 1. The Morgan fingerprint density at radius 3 is 2.14 bits per heavy atom. The van der Waals surface area contributed by atoms with E-state index < -0.39 is 0 Å². The number of nitrogens with two attached hydrogens (primary N) is 1. The molecule has 21 heavy (non-hydrogen) atoms. The monoisotopic (exact) mass is 311 g/mol. The van der Waals surface area contributed by atoms with Gasteiger partial charge >= 0.3 is 0 Å². The van der Waals surface area contributed by atoms with Crippen LogP contribution in [0, 0.1) is 0 Å². The fourth-order valence-corrected chi connectivity index (χ4v) is 3.83. The Labute approximate surface area is 133 Å². The summed E-state index contributed by atoms with van der Waals surface area (Å²) in [7, 11) is 0. The SMILES string of the molecule is NC(=S)CN(CC(=O)NC1CCCCCC1)C1CCCC1. The van der Waals surface area contributed by atoms with Crippen LogP contribution < -0.4 is 11.1 Å². The van der Waals surface area contributed by atoms with Gasteiger partial charge in [0.15, 0.2) is 0 Å². The van der Waals surface area contributed by atoms with E-state index in [2.05, 4.69) is 10.2 Å². The van der Waals surface area contributed by atoms with Crippen LogP contribution in [0.3, 0.4) is 0 Å². The van der Waals surface area contributed by atoms with Gasteiger partial charge in [0.05, 0.1) is 11.5 Å². The normalized spacial score (nSPS) is 21.4. The van der Waals surface area contributed by atoms with Gasteiger partial charge < -0.3 is 11.1 Å². The van der Waals surface area contributed by atoms with Gasteiger partial charge in [-0.15, -0.1) is 0 Å². The maximum absolute atomic E-state index is 12.3. The van der Waals surface area contributed by atoms with E-state index in [1.807, 2.05) is 0 Å². The molecule has 0 aromatic carbocycles. The van der Waals surface area contributed by atoms with Crippen molar-refractivity contribution in [3.8, 4) is 0 Å². The van der Waals surface area contributed by atoms with Crippen LogP contribution in [0.4, 0.5) is 0 Å². The minimum atomic E-state index is 0.144. The van der Waals surface area contributed by atoms with Crippen LogP contribution in [0.25, 0.3) is 0 Å². The Morgan fingerprint density at radius 2 is 1.57 bits per heavy atom. The molecule has 1 amide bonds. The molecule has 2 rings (SSSR count). The molecule has 0 spiro atoms. The first-order valence-corrected chi connectivity index (χ1v) is 8.87. The highest BCUT2D eigenvalue weighted by atomic mass is 32.1. The molecule has 0 aliphatic heterocycles. The molecular formula is C16H29N3OS. The number of nitrogens with zero attached hydrogens (tertiary/aromatic N) is 1. The Hall–Kier alpha value is -0.680. The van der Waals surface area contributed by atoms with Crippen LogP contribution in [0.15, 0.2) is 0 Å². The summed E-state index contributed by atoms with van der Waals surface area (Å²) in [5.74, 6) is 0.144. The van der Waals surface area contributed by atoms with Gasteiger partial charge in [-0.1, -0.05) is 50.7 Å². The molecule has 0 aromatic heterocycles. The largest absolute Gasteiger partial charge is 0.392 e. The third-order valence-electron chi connectivity index (χ3n) is 4.77. The van der Waals surface area contributed by atoms with Gasteiger partial charge in [0.2, 0.25) is 5.91 Å². The Bertz CT molecular complexity index is 347. The van der Waals surface area contributed by atoms with Crippen LogP contribution in [-0.4, -0.2) is 41.0 Å². The molecule has 5 heteroatoms. The van der Waals surface area contributed by atoms with Crippen molar-refractivity contribution in [3.63, 3.8) is 0 Å². The van der Waals surface area contributed by atoms with Crippen molar-refractivity contribution in [2.24, 2.45) is 5.73 Å². The summed E-state index contributed by atoms with van der Waals surface area (Å²) < 4.78 is 0. The van der Waals surface area contributed by atoms with Gasteiger partial charge in [0, 0.05) is 18.6 Å². The van der Waals surface area contributed by atoms with Gasteiger partial charge in [0.25, 0.3) is 0 Å². The molecular weight excluding hydrogens is 282 g/mol. The highest BCUT2D eigenvalue weighted by molar-refractivity contribution is 7.80. The zero-order valence-electron chi connectivity index (χ0n) is 13.0. The molecule has 0 unspecified atom stereocenters. The number of hydrogen-bond donors (Lipinski definition) is 2. The predicted octanol–water partition coefficient (Wildman–Crippen LogP) is 2.36. The summed E-state index contributed by atoms with van der Waals surface area (Å²) in [6, 6.07) is 0.849. The van der Waals surface area contributed by atoms with Crippen molar-refractivity contribution < 1.29 is 4.79 Å². The molecule has 3 N–H and O–H groups in total. The first-order chi connectivity index (χ1) is 10.1. The standard InChI is InChI=1S/C16H29N3OS/c17-15(21)11-19(14-9-5-6-10-14)12-16(20)18-13-7-3-1-2-4-8-13/h13-14H,1-12H2,(H2,17,21)(H,18,20). The molecule has 0 bridgehead atoms. The lowest BCUT2D eigenvalue weighted by molar-refractivity contribution is -0.123. The Kier molecular flexibility index (Phi) is 6.90. The smallest absolute Gasteiger partial charge is 0.234 e. The second-order valence-electron chi connectivity index (χ2n) is 6.57. The van der Waals surface area contributed by atoms with E-state index in [0.717, 1.165) is 12.8 Å². The molecule has 2 fully saturated rings. The fourth-order valence-electron chi connectivity index (χ4n) is 3.67. The molecule has 0 radical (unpaired) electrons. The second kappa shape index (κ2) is 8.69. The summed E-state index contributed by atoms with van der Waals surface area (Å²) in [6.45, 7) is 1.01. The molecule has 2 aliphatic rings.